The van der Waals surface area contributed by atoms with E-state index in [2.05, 4.69) is 54.9 Å². The van der Waals surface area contributed by atoms with Gasteiger partial charge in [-0.1, -0.05) is 42.0 Å². The maximum Gasteiger partial charge on any atom is 0.303 e. The van der Waals surface area contributed by atoms with Crippen LogP contribution in [0.15, 0.2) is 60.8 Å². The zero-order valence-corrected chi connectivity index (χ0v) is 15.8. The summed E-state index contributed by atoms with van der Waals surface area (Å²) in [6.45, 7) is 5.55. The lowest BCUT2D eigenvalue weighted by Gasteiger charge is -2.12. The molecule has 0 spiro atoms. The zero-order chi connectivity index (χ0) is 19.2. The molecule has 0 bridgehead atoms. The maximum absolute atomic E-state index is 10.6. The van der Waals surface area contributed by atoms with Gasteiger partial charge in [-0.2, -0.15) is 0 Å². The molecule has 140 valence electrons. The van der Waals surface area contributed by atoms with E-state index < -0.39 is 5.97 Å². The third-order valence-electron chi connectivity index (χ3n) is 4.64. The first kappa shape index (κ1) is 18.8. The molecule has 3 rings (SSSR count). The average Bonchev–Trinajstić information content (AvgIpc) is 3.02. The number of ether oxygens (including phenoxy) is 1. The van der Waals surface area contributed by atoms with E-state index in [1.165, 1.54) is 22.4 Å². The Kier molecular flexibility index (Phi) is 5.97. The first-order valence-corrected chi connectivity index (χ1v) is 9.19. The number of carbonyl (C=O) groups is 1. The minimum Gasteiger partial charge on any atom is -0.492 e. The summed E-state index contributed by atoms with van der Waals surface area (Å²) in [7, 11) is 0. The van der Waals surface area contributed by atoms with Gasteiger partial charge in [0.1, 0.15) is 12.4 Å². The highest BCUT2D eigenvalue weighted by Crippen LogP contribution is 2.25. The maximum atomic E-state index is 10.6. The molecule has 0 amide bonds. The molecular formula is C23H25NO3. The predicted molar refractivity (Wildman–Crippen MR) is 107 cm³/mol. The summed E-state index contributed by atoms with van der Waals surface area (Å²) in [4.78, 5) is 10.6. The normalized spacial score (nSPS) is 10.7. The smallest absolute Gasteiger partial charge is 0.303 e. The second-order valence-electron chi connectivity index (χ2n) is 6.79. The van der Waals surface area contributed by atoms with Crippen molar-refractivity contribution in [2.45, 2.75) is 33.2 Å². The molecule has 2 aromatic carbocycles. The predicted octanol–water partition coefficient (Wildman–Crippen LogP) is 4.87. The Balaban J connectivity index is 1.59. The summed E-state index contributed by atoms with van der Waals surface area (Å²) in [5, 5.41) is 8.75. The van der Waals surface area contributed by atoms with Crippen LogP contribution in [0.1, 0.15) is 23.1 Å². The van der Waals surface area contributed by atoms with Crippen molar-refractivity contribution in [1.29, 1.82) is 0 Å². The highest BCUT2D eigenvalue weighted by molar-refractivity contribution is 5.67. The van der Waals surface area contributed by atoms with Gasteiger partial charge in [0.25, 0.3) is 0 Å². The van der Waals surface area contributed by atoms with Gasteiger partial charge in [-0.15, -0.1) is 0 Å². The molecule has 0 aliphatic rings. The fourth-order valence-electron chi connectivity index (χ4n) is 3.14. The van der Waals surface area contributed by atoms with Crippen LogP contribution >= 0.6 is 0 Å². The van der Waals surface area contributed by atoms with Gasteiger partial charge in [0.2, 0.25) is 0 Å². The SMILES string of the molecule is Cc1ccc(-c2c(C)ccn2CCOc2ccc(CCC(=O)O)cc2)cc1. The van der Waals surface area contributed by atoms with E-state index in [1.54, 1.807) is 0 Å². The summed E-state index contributed by atoms with van der Waals surface area (Å²) in [6.07, 6.45) is 2.79. The van der Waals surface area contributed by atoms with Gasteiger partial charge in [-0.3, -0.25) is 4.79 Å². The van der Waals surface area contributed by atoms with Gasteiger partial charge in [0.05, 0.1) is 12.2 Å². The molecule has 0 saturated heterocycles. The minimum absolute atomic E-state index is 0.148. The Hall–Kier alpha value is -3.01. The molecule has 3 aromatic rings. The van der Waals surface area contributed by atoms with E-state index >= 15 is 0 Å². The molecule has 0 aliphatic carbocycles. The van der Waals surface area contributed by atoms with Gasteiger partial charge < -0.3 is 14.4 Å². The quantitative estimate of drug-likeness (QED) is 0.621. The van der Waals surface area contributed by atoms with Crippen LogP contribution in [0, 0.1) is 13.8 Å². The number of hydrogen-bond donors (Lipinski definition) is 1. The lowest BCUT2D eigenvalue weighted by atomic mass is 10.1. The van der Waals surface area contributed by atoms with Gasteiger partial charge in [0.15, 0.2) is 0 Å². The lowest BCUT2D eigenvalue weighted by Crippen LogP contribution is -2.08. The van der Waals surface area contributed by atoms with Gasteiger partial charge in [-0.25, -0.2) is 0 Å². The van der Waals surface area contributed by atoms with Crippen LogP contribution in [0.5, 0.6) is 5.75 Å². The first-order chi connectivity index (χ1) is 13.0. The van der Waals surface area contributed by atoms with Gasteiger partial charge >= 0.3 is 5.97 Å². The number of rotatable bonds is 8. The van der Waals surface area contributed by atoms with Crippen LogP contribution in [0.4, 0.5) is 0 Å². The van der Waals surface area contributed by atoms with E-state index in [4.69, 9.17) is 9.84 Å². The van der Waals surface area contributed by atoms with Crippen molar-refractivity contribution in [3.63, 3.8) is 0 Å². The fraction of sp³-hybridized carbons (Fsp3) is 0.261. The van der Waals surface area contributed by atoms with Crippen molar-refractivity contribution in [3.05, 3.63) is 77.5 Å². The Labute approximate surface area is 160 Å². The molecule has 27 heavy (non-hydrogen) atoms. The topological polar surface area (TPSA) is 51.5 Å². The summed E-state index contributed by atoms with van der Waals surface area (Å²) < 4.78 is 8.10. The van der Waals surface area contributed by atoms with Crippen LogP contribution in [-0.2, 0) is 17.8 Å². The molecule has 1 heterocycles. The highest BCUT2D eigenvalue weighted by Gasteiger charge is 2.08. The summed E-state index contributed by atoms with van der Waals surface area (Å²) in [6, 6.07) is 18.4. The number of aliphatic carboxylic acids is 1. The Morgan fingerprint density at radius 2 is 1.70 bits per heavy atom. The molecule has 0 aliphatic heterocycles. The van der Waals surface area contributed by atoms with Crippen LogP contribution in [0.2, 0.25) is 0 Å². The van der Waals surface area contributed by atoms with E-state index in [0.717, 1.165) is 17.9 Å². The van der Waals surface area contributed by atoms with Crippen LogP contribution in [-0.4, -0.2) is 22.2 Å². The molecule has 1 N–H and O–H groups in total. The van der Waals surface area contributed by atoms with Crippen LogP contribution in [0.3, 0.4) is 0 Å². The number of benzene rings is 2. The van der Waals surface area contributed by atoms with Crippen LogP contribution in [0.25, 0.3) is 11.3 Å². The van der Waals surface area contributed by atoms with Crippen molar-refractivity contribution in [2.75, 3.05) is 6.61 Å². The molecule has 0 saturated carbocycles. The fourth-order valence-corrected chi connectivity index (χ4v) is 3.14. The molecule has 0 unspecified atom stereocenters. The number of nitrogens with zero attached hydrogens (tertiary/aromatic N) is 1. The monoisotopic (exact) mass is 363 g/mol. The van der Waals surface area contributed by atoms with Crippen molar-refractivity contribution in [3.8, 4) is 17.0 Å². The molecular weight excluding hydrogens is 338 g/mol. The number of carboxylic acids is 1. The Morgan fingerprint density at radius 1 is 1.00 bits per heavy atom. The average molecular weight is 363 g/mol. The Morgan fingerprint density at radius 3 is 2.37 bits per heavy atom. The van der Waals surface area contributed by atoms with E-state index in [-0.39, 0.29) is 6.42 Å². The van der Waals surface area contributed by atoms with Crippen molar-refractivity contribution >= 4 is 5.97 Å². The lowest BCUT2D eigenvalue weighted by molar-refractivity contribution is -0.136. The number of carboxylic acid groups (broad SMARTS) is 1. The van der Waals surface area contributed by atoms with E-state index in [1.807, 2.05) is 24.3 Å². The standard InChI is InChI=1S/C23H25NO3/c1-17-3-8-20(9-4-17)23-18(2)13-14-24(23)15-16-27-21-10-5-19(6-11-21)7-12-22(25)26/h3-6,8-11,13-14H,7,12,15-16H2,1-2H3,(H,25,26). The summed E-state index contributed by atoms with van der Waals surface area (Å²) in [5.41, 5.74) is 5.95. The van der Waals surface area contributed by atoms with E-state index in [9.17, 15) is 4.79 Å². The zero-order valence-electron chi connectivity index (χ0n) is 15.8. The molecule has 4 nitrogen and oxygen atoms in total. The van der Waals surface area contributed by atoms with E-state index in [0.29, 0.717) is 13.0 Å². The van der Waals surface area contributed by atoms with Gasteiger partial charge in [-0.05, 0) is 55.2 Å². The Bertz CT molecular complexity index is 892. The number of hydrogen-bond acceptors (Lipinski definition) is 2. The van der Waals surface area contributed by atoms with Crippen LogP contribution < -0.4 is 4.74 Å². The van der Waals surface area contributed by atoms with Crippen molar-refractivity contribution in [1.82, 2.24) is 4.57 Å². The first-order valence-electron chi connectivity index (χ1n) is 9.19. The van der Waals surface area contributed by atoms with Crippen molar-refractivity contribution < 1.29 is 14.6 Å². The second kappa shape index (κ2) is 8.58. The second-order valence-corrected chi connectivity index (χ2v) is 6.79. The third kappa shape index (κ3) is 5.00. The summed E-state index contributed by atoms with van der Waals surface area (Å²) >= 11 is 0. The summed E-state index contributed by atoms with van der Waals surface area (Å²) in [5.74, 6) is 0.0246. The van der Waals surface area contributed by atoms with Gasteiger partial charge in [0, 0.05) is 12.6 Å². The molecule has 0 fully saturated rings. The molecule has 1 aromatic heterocycles. The third-order valence-corrected chi connectivity index (χ3v) is 4.64. The molecule has 0 atom stereocenters. The highest BCUT2D eigenvalue weighted by atomic mass is 16.5. The number of aromatic nitrogens is 1. The van der Waals surface area contributed by atoms with Crippen molar-refractivity contribution in [2.24, 2.45) is 0 Å². The molecule has 4 heteroatoms. The largest absolute Gasteiger partial charge is 0.492 e. The number of aryl methyl sites for hydroxylation is 3. The molecule has 0 radical (unpaired) electrons. The minimum atomic E-state index is -0.776.